The molecule has 1 atom stereocenters. The molecule has 2 rings (SSSR count). The first-order valence-electron chi connectivity index (χ1n) is 7.63. The zero-order valence-electron chi connectivity index (χ0n) is 12.6. The van der Waals surface area contributed by atoms with Crippen LogP contribution in [0.25, 0.3) is 0 Å². The van der Waals surface area contributed by atoms with Crippen LogP contribution < -0.4 is 4.74 Å². The molecule has 3 heteroatoms. The highest BCUT2D eigenvalue weighted by Crippen LogP contribution is 2.23. The number of methoxy groups -OCH3 is 1. The molecule has 1 saturated heterocycles. The zero-order chi connectivity index (χ0) is 14.4. The lowest BCUT2D eigenvalue weighted by atomic mass is 9.91. The molecule has 1 unspecified atom stereocenters. The Morgan fingerprint density at radius 3 is 3.05 bits per heavy atom. The van der Waals surface area contributed by atoms with Gasteiger partial charge in [-0.1, -0.05) is 19.1 Å². The maximum atomic E-state index is 11.8. The van der Waals surface area contributed by atoms with Gasteiger partial charge in [0.1, 0.15) is 5.75 Å². The average molecular weight is 275 g/mol. The van der Waals surface area contributed by atoms with Crippen LogP contribution in [0.3, 0.4) is 0 Å². The lowest BCUT2D eigenvalue weighted by molar-refractivity contribution is -0.132. The van der Waals surface area contributed by atoms with Crippen LogP contribution in [-0.4, -0.2) is 31.0 Å². The van der Waals surface area contributed by atoms with Crippen LogP contribution in [0, 0.1) is 5.92 Å². The number of ether oxygens (including phenoxy) is 1. The quantitative estimate of drug-likeness (QED) is 0.825. The van der Waals surface area contributed by atoms with Crippen molar-refractivity contribution in [3.05, 3.63) is 29.8 Å². The number of hydrogen-bond donors (Lipinski definition) is 0. The van der Waals surface area contributed by atoms with Crippen LogP contribution in [0.15, 0.2) is 24.3 Å². The van der Waals surface area contributed by atoms with Crippen molar-refractivity contribution in [2.24, 2.45) is 5.92 Å². The van der Waals surface area contributed by atoms with E-state index in [0.29, 0.717) is 18.2 Å². The van der Waals surface area contributed by atoms with Crippen LogP contribution >= 0.6 is 0 Å². The van der Waals surface area contributed by atoms with Crippen molar-refractivity contribution in [2.75, 3.05) is 20.2 Å². The molecule has 0 bridgehead atoms. The predicted molar refractivity (Wildman–Crippen MR) is 80.9 cm³/mol. The van der Waals surface area contributed by atoms with Crippen LogP contribution in [0.1, 0.15) is 38.2 Å². The van der Waals surface area contributed by atoms with Crippen LogP contribution in [0.2, 0.25) is 0 Å². The van der Waals surface area contributed by atoms with Gasteiger partial charge >= 0.3 is 0 Å². The first kappa shape index (κ1) is 14.9. The fraction of sp³-hybridized carbons (Fsp3) is 0.588. The van der Waals surface area contributed by atoms with Gasteiger partial charge in [0.25, 0.3) is 0 Å². The molecule has 3 nitrogen and oxygen atoms in total. The monoisotopic (exact) mass is 275 g/mol. The van der Waals surface area contributed by atoms with E-state index in [9.17, 15) is 4.79 Å². The van der Waals surface area contributed by atoms with Crippen LogP contribution in [-0.2, 0) is 11.2 Å². The highest BCUT2D eigenvalue weighted by molar-refractivity contribution is 5.75. The van der Waals surface area contributed by atoms with Gasteiger partial charge in [-0.25, -0.2) is 0 Å². The molecule has 1 amide bonds. The molecular formula is C17H25NO2. The van der Waals surface area contributed by atoms with Gasteiger partial charge in [-0.2, -0.15) is 0 Å². The Morgan fingerprint density at radius 1 is 1.45 bits per heavy atom. The summed E-state index contributed by atoms with van der Waals surface area (Å²) >= 11 is 0. The molecule has 0 aromatic heterocycles. The molecule has 1 aromatic rings. The van der Waals surface area contributed by atoms with E-state index >= 15 is 0 Å². The van der Waals surface area contributed by atoms with Crippen molar-refractivity contribution in [1.29, 1.82) is 0 Å². The van der Waals surface area contributed by atoms with E-state index in [4.69, 9.17) is 4.74 Å². The largest absolute Gasteiger partial charge is 0.497 e. The molecule has 1 fully saturated rings. The Bertz CT molecular complexity index is 444. The Hall–Kier alpha value is -1.51. The highest BCUT2D eigenvalue weighted by Gasteiger charge is 2.22. The van der Waals surface area contributed by atoms with Crippen molar-refractivity contribution in [3.8, 4) is 5.75 Å². The lowest BCUT2D eigenvalue weighted by Gasteiger charge is -2.32. The maximum Gasteiger partial charge on any atom is 0.222 e. The summed E-state index contributed by atoms with van der Waals surface area (Å²) in [6.07, 6.45) is 5.24. The summed E-state index contributed by atoms with van der Waals surface area (Å²) < 4.78 is 5.26. The molecular weight excluding hydrogens is 250 g/mol. The summed E-state index contributed by atoms with van der Waals surface area (Å²) in [5, 5.41) is 0. The number of carbonyl (C=O) groups excluding carboxylic acids is 1. The normalized spacial score (nSPS) is 18.9. The minimum atomic E-state index is 0.302. The molecule has 0 radical (unpaired) electrons. The summed E-state index contributed by atoms with van der Waals surface area (Å²) in [4.78, 5) is 13.8. The van der Waals surface area contributed by atoms with E-state index in [1.807, 2.05) is 24.0 Å². The van der Waals surface area contributed by atoms with Crippen LogP contribution in [0.4, 0.5) is 0 Å². The van der Waals surface area contributed by atoms with Crippen molar-refractivity contribution in [1.82, 2.24) is 4.90 Å². The van der Waals surface area contributed by atoms with Crippen molar-refractivity contribution >= 4 is 5.91 Å². The fourth-order valence-corrected chi connectivity index (χ4v) is 2.95. The number of carbonyl (C=O) groups is 1. The van der Waals surface area contributed by atoms with Gasteiger partial charge in [0.05, 0.1) is 7.11 Å². The van der Waals surface area contributed by atoms with E-state index < -0.39 is 0 Å². The van der Waals surface area contributed by atoms with Crippen molar-refractivity contribution in [2.45, 2.75) is 39.0 Å². The second-order valence-electron chi connectivity index (χ2n) is 5.59. The molecule has 1 aliphatic heterocycles. The van der Waals surface area contributed by atoms with Gasteiger partial charge < -0.3 is 9.64 Å². The predicted octanol–water partition coefficient (Wildman–Crippen LogP) is 3.28. The zero-order valence-corrected chi connectivity index (χ0v) is 12.6. The van der Waals surface area contributed by atoms with E-state index in [1.165, 1.54) is 12.0 Å². The van der Waals surface area contributed by atoms with E-state index in [2.05, 4.69) is 12.1 Å². The standard InChI is InChI=1S/C17H25NO2/c1-3-17(19)18-11-5-7-15(13-18)10-9-14-6-4-8-16(12-14)20-2/h4,6,8,12,15H,3,5,7,9-11,13H2,1-2H3. The average Bonchev–Trinajstić information content (AvgIpc) is 2.52. The fourth-order valence-electron chi connectivity index (χ4n) is 2.95. The minimum Gasteiger partial charge on any atom is -0.497 e. The molecule has 1 aromatic carbocycles. The Labute approximate surface area is 121 Å². The Balaban J connectivity index is 1.85. The number of rotatable bonds is 5. The van der Waals surface area contributed by atoms with Crippen molar-refractivity contribution in [3.63, 3.8) is 0 Å². The van der Waals surface area contributed by atoms with Gasteiger partial charge in [-0.05, 0) is 49.3 Å². The summed E-state index contributed by atoms with van der Waals surface area (Å²) in [5.41, 5.74) is 1.32. The third-order valence-corrected chi connectivity index (χ3v) is 4.15. The summed E-state index contributed by atoms with van der Waals surface area (Å²) in [6, 6.07) is 8.28. The smallest absolute Gasteiger partial charge is 0.222 e. The van der Waals surface area contributed by atoms with E-state index in [0.717, 1.165) is 38.1 Å². The molecule has 1 heterocycles. The number of likely N-dealkylation sites (tertiary alicyclic amines) is 1. The number of hydrogen-bond acceptors (Lipinski definition) is 2. The first-order valence-corrected chi connectivity index (χ1v) is 7.63. The maximum absolute atomic E-state index is 11.8. The van der Waals surface area contributed by atoms with Gasteiger partial charge in [-0.15, -0.1) is 0 Å². The molecule has 0 saturated carbocycles. The number of piperidine rings is 1. The molecule has 0 spiro atoms. The number of amides is 1. The van der Waals surface area contributed by atoms with E-state index in [-0.39, 0.29) is 0 Å². The van der Waals surface area contributed by atoms with Gasteiger partial charge in [0.15, 0.2) is 0 Å². The Morgan fingerprint density at radius 2 is 2.30 bits per heavy atom. The number of aryl methyl sites for hydroxylation is 1. The minimum absolute atomic E-state index is 0.302. The topological polar surface area (TPSA) is 29.5 Å². The third-order valence-electron chi connectivity index (χ3n) is 4.15. The molecule has 20 heavy (non-hydrogen) atoms. The second-order valence-corrected chi connectivity index (χ2v) is 5.59. The lowest BCUT2D eigenvalue weighted by Crippen LogP contribution is -2.39. The molecule has 0 N–H and O–H groups in total. The molecule has 0 aliphatic carbocycles. The Kier molecular flexibility index (Phi) is 5.45. The first-order chi connectivity index (χ1) is 9.72. The van der Waals surface area contributed by atoms with Crippen LogP contribution in [0.5, 0.6) is 5.75 Å². The third kappa shape index (κ3) is 3.99. The number of nitrogens with zero attached hydrogens (tertiary/aromatic N) is 1. The number of benzene rings is 1. The second kappa shape index (κ2) is 7.32. The van der Waals surface area contributed by atoms with E-state index in [1.54, 1.807) is 7.11 Å². The summed E-state index contributed by atoms with van der Waals surface area (Å²) in [6.45, 7) is 3.83. The summed E-state index contributed by atoms with van der Waals surface area (Å²) in [7, 11) is 1.70. The summed E-state index contributed by atoms with van der Waals surface area (Å²) in [5.74, 6) is 1.87. The van der Waals surface area contributed by atoms with Gasteiger partial charge in [-0.3, -0.25) is 4.79 Å². The highest BCUT2D eigenvalue weighted by atomic mass is 16.5. The molecule has 110 valence electrons. The van der Waals surface area contributed by atoms with Gasteiger partial charge in [0, 0.05) is 19.5 Å². The van der Waals surface area contributed by atoms with Gasteiger partial charge in [0.2, 0.25) is 5.91 Å². The molecule has 1 aliphatic rings. The van der Waals surface area contributed by atoms with Crippen molar-refractivity contribution < 1.29 is 9.53 Å². The SMILES string of the molecule is CCC(=O)N1CCCC(CCc2cccc(OC)c2)C1.